The van der Waals surface area contributed by atoms with Gasteiger partial charge in [-0.3, -0.25) is 4.18 Å². The van der Waals surface area contributed by atoms with Crippen LogP contribution >= 0.6 is 0 Å². The molecule has 0 radical (unpaired) electrons. The highest BCUT2D eigenvalue weighted by Crippen LogP contribution is 2.13. The van der Waals surface area contributed by atoms with Gasteiger partial charge >= 0.3 is 0 Å². The molecule has 0 bridgehead atoms. The highest BCUT2D eigenvalue weighted by molar-refractivity contribution is 7.86. The minimum absolute atomic E-state index is 0.0586. The molecule has 56 heavy (non-hydrogen) atoms. The van der Waals surface area contributed by atoms with Crippen LogP contribution in [0.15, 0.2) is 29.2 Å². The summed E-state index contributed by atoms with van der Waals surface area (Å²) in [7, 11) is -3.78. The van der Waals surface area contributed by atoms with E-state index in [1.54, 1.807) is 12.1 Å². The molecule has 0 aliphatic carbocycles. The normalized spacial score (nSPS) is 11.9. The van der Waals surface area contributed by atoms with Gasteiger partial charge in [0, 0.05) is 6.61 Å². The zero-order chi connectivity index (χ0) is 40.3. The lowest BCUT2D eigenvalue weighted by Gasteiger charge is -2.09. The number of ether oxygens (including phenoxy) is 11. The van der Waals surface area contributed by atoms with Gasteiger partial charge in [-0.1, -0.05) is 82.4 Å². The predicted octanol–water partition coefficient (Wildman–Crippen LogP) is 5.80. The van der Waals surface area contributed by atoms with E-state index < -0.39 is 10.1 Å². The Balaban J connectivity index is 1.64. The van der Waals surface area contributed by atoms with Gasteiger partial charge in [0.15, 0.2) is 0 Å². The van der Waals surface area contributed by atoms with Crippen molar-refractivity contribution in [2.75, 3.05) is 152 Å². The molecule has 15 heteroatoms. The second kappa shape index (κ2) is 41.8. The second-order valence-electron chi connectivity index (χ2n) is 13.0. The Labute approximate surface area is 338 Å². The smallest absolute Gasteiger partial charge is 0.297 e. The van der Waals surface area contributed by atoms with E-state index >= 15 is 0 Å². The van der Waals surface area contributed by atoms with Crippen molar-refractivity contribution in [1.82, 2.24) is 0 Å². The lowest BCUT2D eigenvalue weighted by atomic mass is 10.1. The van der Waals surface area contributed by atoms with Crippen LogP contribution in [0.1, 0.15) is 76.7 Å². The largest absolute Gasteiger partial charge is 0.379 e. The molecule has 14 nitrogen and oxygen atoms in total. The van der Waals surface area contributed by atoms with Gasteiger partial charge in [0.2, 0.25) is 0 Å². The Bertz CT molecular complexity index is 1030. The molecule has 330 valence electrons. The molecular formula is C41H76O14S. The first-order chi connectivity index (χ1) is 27.6. The van der Waals surface area contributed by atoms with Gasteiger partial charge in [-0.15, -0.1) is 0 Å². The molecule has 0 unspecified atom stereocenters. The van der Waals surface area contributed by atoms with Crippen molar-refractivity contribution in [1.29, 1.82) is 0 Å². The Morgan fingerprint density at radius 3 is 0.893 bits per heavy atom. The Kier molecular flexibility index (Phi) is 39.4. The van der Waals surface area contributed by atoms with E-state index in [0.717, 1.165) is 18.6 Å². The number of aryl methyl sites for hydroxylation is 1. The van der Waals surface area contributed by atoms with Crippen molar-refractivity contribution in [2.45, 2.75) is 83.0 Å². The first-order valence-electron chi connectivity index (χ1n) is 20.9. The third-order valence-corrected chi connectivity index (χ3v) is 9.46. The van der Waals surface area contributed by atoms with Gasteiger partial charge in [-0.25, -0.2) is 0 Å². The van der Waals surface area contributed by atoms with Crippen LogP contribution in [-0.2, 0) is 66.4 Å². The van der Waals surface area contributed by atoms with Crippen molar-refractivity contribution >= 4 is 10.1 Å². The van der Waals surface area contributed by atoms with E-state index in [4.69, 9.17) is 56.3 Å². The summed E-state index contributed by atoms with van der Waals surface area (Å²) < 4.78 is 89.7. The SMILES string of the molecule is CCCCCCCCCCCCOCCOCCOCCOCCOCCOCCOCCOCCOCCOCCOCCOS(=O)(=O)c1ccc(C)cc1. The summed E-state index contributed by atoms with van der Waals surface area (Å²) >= 11 is 0. The van der Waals surface area contributed by atoms with Crippen LogP contribution in [0.25, 0.3) is 0 Å². The molecule has 0 spiro atoms. The van der Waals surface area contributed by atoms with Crippen molar-refractivity contribution in [3.8, 4) is 0 Å². The van der Waals surface area contributed by atoms with Gasteiger partial charge in [-0.2, -0.15) is 8.42 Å². The molecule has 0 saturated heterocycles. The fourth-order valence-electron chi connectivity index (χ4n) is 4.97. The van der Waals surface area contributed by atoms with Crippen molar-refractivity contribution < 1.29 is 64.7 Å². The third-order valence-electron chi connectivity index (χ3n) is 8.14. The monoisotopic (exact) mass is 824 g/mol. The topological polar surface area (TPSA) is 145 Å². The van der Waals surface area contributed by atoms with Crippen LogP contribution in [0.4, 0.5) is 0 Å². The van der Waals surface area contributed by atoms with Crippen molar-refractivity contribution in [3.05, 3.63) is 29.8 Å². The summed E-state index contributed by atoms with van der Waals surface area (Å²) in [6.45, 7) is 14.9. The molecular weight excluding hydrogens is 749 g/mol. The number of hydrogen-bond donors (Lipinski definition) is 0. The summed E-state index contributed by atoms with van der Waals surface area (Å²) in [5.41, 5.74) is 0.976. The molecule has 0 fully saturated rings. The third kappa shape index (κ3) is 37.0. The molecule has 0 aliphatic heterocycles. The highest BCUT2D eigenvalue weighted by Gasteiger charge is 2.14. The van der Waals surface area contributed by atoms with E-state index in [1.807, 2.05) is 6.92 Å². The van der Waals surface area contributed by atoms with E-state index in [2.05, 4.69) is 6.92 Å². The zero-order valence-electron chi connectivity index (χ0n) is 34.8. The summed E-state index contributed by atoms with van der Waals surface area (Å²) in [5, 5.41) is 0. The lowest BCUT2D eigenvalue weighted by Crippen LogP contribution is -2.16. The fraction of sp³-hybridized carbons (Fsp3) is 0.854. The van der Waals surface area contributed by atoms with E-state index in [9.17, 15) is 8.42 Å². The van der Waals surface area contributed by atoms with Crippen LogP contribution in [0.2, 0.25) is 0 Å². The molecule has 0 aliphatic rings. The summed E-state index contributed by atoms with van der Waals surface area (Å²) in [4.78, 5) is 0.129. The molecule has 1 aromatic rings. The van der Waals surface area contributed by atoms with E-state index in [0.29, 0.717) is 132 Å². The summed E-state index contributed by atoms with van der Waals surface area (Å²) in [5.74, 6) is 0. The van der Waals surface area contributed by atoms with Gasteiger partial charge in [0.1, 0.15) is 0 Å². The van der Waals surface area contributed by atoms with Gasteiger partial charge in [0.05, 0.1) is 150 Å². The number of hydrogen-bond acceptors (Lipinski definition) is 14. The van der Waals surface area contributed by atoms with Crippen LogP contribution in [0, 0.1) is 6.92 Å². The average Bonchev–Trinajstić information content (AvgIpc) is 3.19. The Hall–Kier alpha value is -1.31. The van der Waals surface area contributed by atoms with Gasteiger partial charge < -0.3 is 52.1 Å². The second-order valence-corrected chi connectivity index (χ2v) is 14.6. The zero-order valence-corrected chi connectivity index (χ0v) is 35.6. The highest BCUT2D eigenvalue weighted by atomic mass is 32.2. The van der Waals surface area contributed by atoms with Crippen LogP contribution in [0.5, 0.6) is 0 Å². The first kappa shape index (κ1) is 52.7. The van der Waals surface area contributed by atoms with Crippen LogP contribution < -0.4 is 0 Å². The average molecular weight is 825 g/mol. The maximum Gasteiger partial charge on any atom is 0.297 e. The predicted molar refractivity (Wildman–Crippen MR) is 215 cm³/mol. The van der Waals surface area contributed by atoms with Crippen molar-refractivity contribution in [3.63, 3.8) is 0 Å². The number of unbranched alkanes of at least 4 members (excludes halogenated alkanes) is 9. The van der Waals surface area contributed by atoms with Gasteiger partial charge in [-0.05, 0) is 25.5 Å². The molecule has 0 N–H and O–H groups in total. The number of benzene rings is 1. The molecule has 0 atom stereocenters. The molecule has 0 amide bonds. The molecule has 1 rings (SSSR count). The molecule has 1 aromatic carbocycles. The van der Waals surface area contributed by atoms with E-state index in [-0.39, 0.29) is 18.1 Å². The minimum Gasteiger partial charge on any atom is -0.379 e. The lowest BCUT2D eigenvalue weighted by molar-refractivity contribution is -0.0277. The van der Waals surface area contributed by atoms with Crippen LogP contribution in [0.3, 0.4) is 0 Å². The molecule has 0 heterocycles. The fourth-order valence-corrected chi connectivity index (χ4v) is 5.86. The number of rotatable bonds is 46. The van der Waals surface area contributed by atoms with E-state index in [1.165, 1.54) is 69.9 Å². The van der Waals surface area contributed by atoms with Crippen LogP contribution in [-0.4, -0.2) is 160 Å². The van der Waals surface area contributed by atoms with Gasteiger partial charge in [0.25, 0.3) is 10.1 Å². The summed E-state index contributed by atoms with van der Waals surface area (Å²) in [6.07, 6.45) is 13.4. The Morgan fingerprint density at radius 1 is 0.339 bits per heavy atom. The first-order valence-corrected chi connectivity index (χ1v) is 22.3. The van der Waals surface area contributed by atoms with Crippen molar-refractivity contribution in [2.24, 2.45) is 0 Å². The standard InChI is InChI=1S/C41H76O14S/c1-3-4-5-6-7-8-9-10-11-12-17-44-18-19-45-20-21-46-22-23-47-24-25-48-26-27-49-28-29-50-30-31-51-32-33-52-34-35-53-36-37-54-38-39-55-56(42,43)41-15-13-40(2)14-16-41/h13-16H,3-12,17-39H2,1-2H3. The summed E-state index contributed by atoms with van der Waals surface area (Å²) in [6, 6.07) is 6.49. The minimum atomic E-state index is -3.78. The maximum absolute atomic E-state index is 12.1. The molecule has 0 saturated carbocycles. The molecule has 0 aromatic heterocycles. The maximum atomic E-state index is 12.1. The Morgan fingerprint density at radius 2 is 0.589 bits per heavy atom. The quantitative estimate of drug-likeness (QED) is 0.0577.